The molecule has 0 bridgehead atoms. The number of aliphatic hydroxyl groups excluding tert-OH is 1. The highest BCUT2D eigenvalue weighted by atomic mass is 16.6. The molecule has 0 aliphatic heterocycles. The molecule has 5 heteroatoms. The average molecular weight is 715 g/mol. The summed E-state index contributed by atoms with van der Waals surface area (Å²) in [6.45, 7) is 4.10. The zero-order valence-corrected chi connectivity index (χ0v) is 33.6. The number of aliphatic hydroxyl groups is 1. The molecule has 0 aromatic rings. The van der Waals surface area contributed by atoms with E-state index in [0.717, 1.165) is 64.2 Å². The van der Waals surface area contributed by atoms with Gasteiger partial charge in [0.25, 0.3) is 0 Å². The van der Waals surface area contributed by atoms with Gasteiger partial charge in [-0.3, -0.25) is 9.59 Å². The molecule has 1 N–H and O–H groups in total. The molecule has 1 atom stereocenters. The van der Waals surface area contributed by atoms with Crippen molar-refractivity contribution in [2.75, 3.05) is 13.2 Å². The summed E-state index contributed by atoms with van der Waals surface area (Å²) in [6, 6.07) is 0. The van der Waals surface area contributed by atoms with Crippen molar-refractivity contribution < 1.29 is 24.2 Å². The zero-order chi connectivity index (χ0) is 37.1. The van der Waals surface area contributed by atoms with Crippen LogP contribution in [0, 0.1) is 0 Å². The number of esters is 2. The molecule has 0 fully saturated rings. The second-order valence-corrected chi connectivity index (χ2v) is 14.4. The number of rotatable bonds is 39. The molecule has 296 valence electrons. The van der Waals surface area contributed by atoms with E-state index >= 15 is 0 Å². The van der Waals surface area contributed by atoms with Gasteiger partial charge < -0.3 is 14.6 Å². The molecule has 0 saturated heterocycles. The van der Waals surface area contributed by atoms with Crippen LogP contribution in [0.5, 0.6) is 0 Å². The van der Waals surface area contributed by atoms with Crippen molar-refractivity contribution in [1.82, 2.24) is 0 Å². The Morgan fingerprint density at radius 2 is 0.784 bits per heavy atom. The maximum atomic E-state index is 12.2. The Kier molecular flexibility index (Phi) is 40.5. The number of unbranched alkanes of at least 4 members (excludes halogenated alkanes) is 23. The zero-order valence-electron chi connectivity index (χ0n) is 33.6. The minimum atomic E-state index is -0.787. The monoisotopic (exact) mass is 715 g/mol. The third kappa shape index (κ3) is 40.5. The lowest BCUT2D eigenvalue weighted by atomic mass is 10.0. The lowest BCUT2D eigenvalue weighted by Gasteiger charge is -2.15. The van der Waals surface area contributed by atoms with Gasteiger partial charge in [0.1, 0.15) is 6.61 Å². The summed E-state index contributed by atoms with van der Waals surface area (Å²) in [7, 11) is 0. The van der Waals surface area contributed by atoms with E-state index in [1.165, 1.54) is 122 Å². The van der Waals surface area contributed by atoms with Crippen molar-refractivity contribution in [1.29, 1.82) is 0 Å². The first-order valence-corrected chi connectivity index (χ1v) is 21.7. The summed E-state index contributed by atoms with van der Waals surface area (Å²) in [5.74, 6) is -0.621. The number of hydrogen-bond acceptors (Lipinski definition) is 5. The molecule has 0 aromatic heterocycles. The number of carbonyl (C=O) groups is 2. The van der Waals surface area contributed by atoms with Crippen molar-refractivity contribution in [3.05, 3.63) is 48.6 Å². The Morgan fingerprint density at radius 1 is 0.451 bits per heavy atom. The van der Waals surface area contributed by atoms with Gasteiger partial charge in [-0.1, -0.05) is 191 Å². The van der Waals surface area contributed by atoms with Crippen LogP contribution in [0.1, 0.15) is 213 Å². The molecule has 0 spiro atoms. The standard InChI is InChI=1S/C46H82O5/c1-3-5-7-9-11-13-15-17-19-21-23-25-27-29-31-33-35-37-39-41-46(49)51-44(42-47)43-50-45(48)40-38-36-34-32-30-28-26-24-22-20-18-16-14-12-10-8-6-4-2/h11,13,17,19,23,25,29,31,44,47H,3-10,12,14-16,18,20-22,24,26-28,30,32-43H2,1-2H3/b13-11-,19-17-,25-23-,31-29-/t44-/m0/s1. The smallest absolute Gasteiger partial charge is 0.306 e. The van der Waals surface area contributed by atoms with Crippen LogP contribution < -0.4 is 0 Å². The van der Waals surface area contributed by atoms with Gasteiger partial charge in [0.15, 0.2) is 6.10 Å². The van der Waals surface area contributed by atoms with Gasteiger partial charge in [-0.25, -0.2) is 0 Å². The van der Waals surface area contributed by atoms with E-state index in [9.17, 15) is 14.7 Å². The first-order valence-electron chi connectivity index (χ1n) is 21.7. The maximum absolute atomic E-state index is 12.2. The van der Waals surface area contributed by atoms with Crippen LogP contribution in [0.2, 0.25) is 0 Å². The van der Waals surface area contributed by atoms with E-state index in [4.69, 9.17) is 9.47 Å². The Hall–Kier alpha value is -2.14. The summed E-state index contributed by atoms with van der Waals surface area (Å²) in [5.41, 5.74) is 0. The van der Waals surface area contributed by atoms with Gasteiger partial charge in [0.05, 0.1) is 6.61 Å². The molecule has 0 aliphatic rings. The quantitative estimate of drug-likeness (QED) is 0.0390. The summed E-state index contributed by atoms with van der Waals surface area (Å²) in [5, 5.41) is 9.57. The number of ether oxygens (including phenoxy) is 2. The highest BCUT2D eigenvalue weighted by Crippen LogP contribution is 2.15. The summed E-state index contributed by atoms with van der Waals surface area (Å²) < 4.78 is 10.6. The second kappa shape index (κ2) is 42.3. The molecule has 0 saturated carbocycles. The van der Waals surface area contributed by atoms with E-state index in [2.05, 4.69) is 62.5 Å². The number of hydrogen-bond donors (Lipinski definition) is 1. The second-order valence-electron chi connectivity index (χ2n) is 14.4. The molecule has 0 aliphatic carbocycles. The van der Waals surface area contributed by atoms with Gasteiger partial charge in [0.2, 0.25) is 0 Å². The fraction of sp³-hybridized carbons (Fsp3) is 0.783. The highest BCUT2D eigenvalue weighted by Gasteiger charge is 2.16. The molecule has 0 radical (unpaired) electrons. The summed E-state index contributed by atoms with van der Waals surface area (Å²) in [6.07, 6.45) is 53.2. The number of allylic oxidation sites excluding steroid dienone is 8. The van der Waals surface area contributed by atoms with Crippen LogP contribution in [0.25, 0.3) is 0 Å². The van der Waals surface area contributed by atoms with E-state index in [0.29, 0.717) is 12.8 Å². The Balaban J connectivity index is 3.59. The third-order valence-electron chi connectivity index (χ3n) is 9.38. The molecule has 0 unspecified atom stereocenters. The van der Waals surface area contributed by atoms with Gasteiger partial charge in [-0.05, 0) is 57.8 Å². The van der Waals surface area contributed by atoms with Crippen LogP contribution in [0.3, 0.4) is 0 Å². The van der Waals surface area contributed by atoms with Gasteiger partial charge in [0, 0.05) is 12.8 Å². The number of carbonyl (C=O) groups excluding carboxylic acids is 2. The first-order chi connectivity index (χ1) is 25.1. The van der Waals surface area contributed by atoms with Crippen molar-refractivity contribution in [2.24, 2.45) is 0 Å². The van der Waals surface area contributed by atoms with Gasteiger partial charge in [-0.2, -0.15) is 0 Å². The lowest BCUT2D eigenvalue weighted by Crippen LogP contribution is -2.28. The highest BCUT2D eigenvalue weighted by molar-refractivity contribution is 5.70. The topological polar surface area (TPSA) is 72.8 Å². The van der Waals surface area contributed by atoms with Crippen molar-refractivity contribution in [2.45, 2.75) is 219 Å². The van der Waals surface area contributed by atoms with Gasteiger partial charge >= 0.3 is 11.9 Å². The van der Waals surface area contributed by atoms with Crippen molar-refractivity contribution in [3.63, 3.8) is 0 Å². The average Bonchev–Trinajstić information content (AvgIpc) is 3.13. The predicted molar refractivity (Wildman–Crippen MR) is 219 cm³/mol. The fourth-order valence-corrected chi connectivity index (χ4v) is 6.07. The van der Waals surface area contributed by atoms with Crippen molar-refractivity contribution in [3.8, 4) is 0 Å². The molecule has 0 heterocycles. The molecule has 0 rings (SSSR count). The van der Waals surface area contributed by atoms with E-state index in [1.807, 2.05) is 0 Å². The van der Waals surface area contributed by atoms with Crippen LogP contribution in [-0.4, -0.2) is 36.4 Å². The molecule has 51 heavy (non-hydrogen) atoms. The van der Waals surface area contributed by atoms with E-state index < -0.39 is 6.10 Å². The normalized spacial score (nSPS) is 12.6. The molecule has 0 aromatic carbocycles. The van der Waals surface area contributed by atoms with Crippen LogP contribution in [0.4, 0.5) is 0 Å². The van der Waals surface area contributed by atoms with Crippen LogP contribution >= 0.6 is 0 Å². The molecular formula is C46H82O5. The minimum Gasteiger partial charge on any atom is -0.462 e. The SMILES string of the molecule is CCCCC/C=C\C/C=C\C/C=C\C/C=C\CCCCCC(=O)O[C@@H](CO)COC(=O)CCCCCCCCCCCCCCCCCCCC. The van der Waals surface area contributed by atoms with Crippen molar-refractivity contribution >= 4 is 11.9 Å². The van der Waals surface area contributed by atoms with Gasteiger partial charge in [-0.15, -0.1) is 0 Å². The Morgan fingerprint density at radius 3 is 1.22 bits per heavy atom. The molecular weight excluding hydrogens is 633 g/mol. The third-order valence-corrected chi connectivity index (χ3v) is 9.38. The van der Waals surface area contributed by atoms with E-state index in [1.54, 1.807) is 0 Å². The Bertz CT molecular complexity index is 858. The summed E-state index contributed by atoms with van der Waals surface area (Å²) >= 11 is 0. The lowest BCUT2D eigenvalue weighted by molar-refractivity contribution is -0.161. The first kappa shape index (κ1) is 48.9. The predicted octanol–water partition coefficient (Wildman–Crippen LogP) is 13.8. The largest absolute Gasteiger partial charge is 0.462 e. The fourth-order valence-electron chi connectivity index (χ4n) is 6.07. The minimum absolute atomic E-state index is 0.0772. The maximum Gasteiger partial charge on any atom is 0.306 e. The Labute approximate surface area is 316 Å². The van der Waals surface area contributed by atoms with Crippen LogP contribution in [-0.2, 0) is 19.1 Å². The van der Waals surface area contributed by atoms with Crippen LogP contribution in [0.15, 0.2) is 48.6 Å². The van der Waals surface area contributed by atoms with E-state index in [-0.39, 0.29) is 25.2 Å². The molecule has 0 amide bonds. The molecule has 5 nitrogen and oxygen atoms in total. The summed E-state index contributed by atoms with van der Waals surface area (Å²) in [4.78, 5) is 24.3.